The standard InChI is InChI=1S/C13H9.C8H11.C7H5F.2ClH.Zr/c1-3-7-12-10(5-1)9-11-6-2-4-8-13(11)12;1-6-4-7(2)8(3)5-6;1-6-2-4-7(8)5-3-6;;;/h1-5,7-8H,9H2;4,6H,1-3H3;1-5H;2*1H;/q2*-1;;;;+2/p-2. The van der Waals surface area contributed by atoms with Gasteiger partial charge in [0.2, 0.25) is 0 Å². The van der Waals surface area contributed by atoms with E-state index in [-0.39, 0.29) is 30.6 Å². The molecule has 32 heavy (non-hydrogen) atoms. The van der Waals surface area contributed by atoms with Crippen LogP contribution in [0.5, 0.6) is 0 Å². The first kappa shape index (κ1) is 28.4. The van der Waals surface area contributed by atoms with Crippen LogP contribution in [0.4, 0.5) is 4.39 Å². The van der Waals surface area contributed by atoms with Crippen molar-refractivity contribution in [1.82, 2.24) is 0 Å². The molecule has 0 bridgehead atoms. The third-order valence-corrected chi connectivity index (χ3v) is 6.01. The van der Waals surface area contributed by atoms with Crippen LogP contribution in [-0.2, 0) is 30.7 Å². The van der Waals surface area contributed by atoms with Crippen LogP contribution in [-0.4, -0.2) is 3.71 Å². The molecule has 0 spiro atoms. The molecule has 4 heteroatoms. The minimum Gasteiger partial charge on any atom is -1.00 e. The summed E-state index contributed by atoms with van der Waals surface area (Å²) in [5.74, 6) is 0.381. The van der Waals surface area contributed by atoms with E-state index in [1.165, 1.54) is 69.8 Å². The Balaban J connectivity index is 0.000000242. The number of rotatable bonds is 1. The number of hydrogen-bond acceptors (Lipinski definition) is 0. The first-order valence-corrected chi connectivity index (χ1v) is 11.5. The second-order valence-electron chi connectivity index (χ2n) is 7.50. The average Bonchev–Trinajstić information content (AvgIpc) is 3.28. The molecule has 0 fully saturated rings. The van der Waals surface area contributed by atoms with Crippen molar-refractivity contribution in [2.75, 3.05) is 0 Å². The Bertz CT molecular complexity index is 1020. The van der Waals surface area contributed by atoms with Crippen molar-refractivity contribution in [3.05, 3.63) is 119 Å². The van der Waals surface area contributed by atoms with Gasteiger partial charge in [0.1, 0.15) is 0 Å². The summed E-state index contributed by atoms with van der Waals surface area (Å²) in [5.41, 5.74) is 9.31. The molecule has 0 aliphatic heterocycles. The molecule has 5 rings (SSSR count). The molecule has 0 nitrogen and oxygen atoms in total. The molecule has 3 aromatic carbocycles. The van der Waals surface area contributed by atoms with Gasteiger partial charge in [0, 0.05) is 0 Å². The largest absolute Gasteiger partial charge is 1.00 e. The van der Waals surface area contributed by atoms with Gasteiger partial charge in [-0.2, -0.15) is 35.9 Å². The molecule has 0 N–H and O–H groups in total. The van der Waals surface area contributed by atoms with Crippen molar-refractivity contribution >= 4 is 3.71 Å². The molecule has 2 aliphatic rings. The minimum atomic E-state index is -0.170. The monoisotopic (exact) mass is 540 g/mol. The fourth-order valence-electron chi connectivity index (χ4n) is 3.55. The van der Waals surface area contributed by atoms with Crippen molar-refractivity contribution in [1.29, 1.82) is 0 Å². The third kappa shape index (κ3) is 7.77. The maximum atomic E-state index is 12.2. The van der Waals surface area contributed by atoms with Crippen LogP contribution in [0.1, 0.15) is 37.5 Å². The summed E-state index contributed by atoms with van der Waals surface area (Å²) in [5, 5.41) is 0. The van der Waals surface area contributed by atoms with Crippen LogP contribution in [0.2, 0.25) is 0 Å². The summed E-state index contributed by atoms with van der Waals surface area (Å²) in [6.45, 7) is 6.39. The Kier molecular flexibility index (Phi) is 12.3. The second kappa shape index (κ2) is 13.8. The van der Waals surface area contributed by atoms with E-state index < -0.39 is 0 Å². The smallest absolute Gasteiger partial charge is 0.0253 e. The fourth-order valence-corrected chi connectivity index (χ4v) is 4.03. The molecule has 164 valence electrons. The van der Waals surface area contributed by atoms with Gasteiger partial charge in [0.05, 0.1) is 0 Å². The molecule has 3 aromatic rings. The van der Waals surface area contributed by atoms with Gasteiger partial charge in [-0.05, 0) is 6.42 Å². The van der Waals surface area contributed by atoms with E-state index in [1.807, 2.05) is 9.78 Å². The van der Waals surface area contributed by atoms with Crippen LogP contribution < -0.4 is 24.8 Å². The topological polar surface area (TPSA) is 0 Å². The Labute approximate surface area is 218 Å². The van der Waals surface area contributed by atoms with Crippen molar-refractivity contribution in [2.24, 2.45) is 5.92 Å². The number of allylic oxidation sites excluding steroid dienone is 4. The average molecular weight is 543 g/mol. The quantitative estimate of drug-likeness (QED) is 0.314. The van der Waals surface area contributed by atoms with Crippen molar-refractivity contribution in [2.45, 2.75) is 27.2 Å². The first-order valence-electron chi connectivity index (χ1n) is 10.1. The van der Waals surface area contributed by atoms with E-state index in [1.54, 1.807) is 12.1 Å². The van der Waals surface area contributed by atoms with Crippen LogP contribution in [0.15, 0.2) is 84.0 Å². The van der Waals surface area contributed by atoms with Crippen LogP contribution in [0, 0.1) is 23.9 Å². The summed E-state index contributed by atoms with van der Waals surface area (Å²) in [4.78, 5) is 0. The van der Waals surface area contributed by atoms with E-state index >= 15 is 0 Å². The Morgan fingerprint density at radius 2 is 1.59 bits per heavy atom. The van der Waals surface area contributed by atoms with Gasteiger partial charge in [-0.1, -0.05) is 55.2 Å². The summed E-state index contributed by atoms with van der Waals surface area (Å²) in [7, 11) is 0. The van der Waals surface area contributed by atoms with Gasteiger partial charge in [-0.15, -0.1) is 12.5 Å². The van der Waals surface area contributed by atoms with Crippen molar-refractivity contribution in [3.8, 4) is 11.1 Å². The van der Waals surface area contributed by atoms with E-state index in [0.29, 0.717) is 5.92 Å². The molecule has 2 aliphatic carbocycles. The zero-order chi connectivity index (χ0) is 21.5. The van der Waals surface area contributed by atoms with Crippen LogP contribution in [0.25, 0.3) is 11.1 Å². The minimum absolute atomic E-state index is 0. The second-order valence-corrected chi connectivity index (χ2v) is 8.21. The van der Waals surface area contributed by atoms with Gasteiger partial charge >= 0.3 is 68.0 Å². The molecule has 0 heterocycles. The molecule has 0 radical (unpaired) electrons. The molecule has 1 atom stereocenters. The van der Waals surface area contributed by atoms with Gasteiger partial charge in [0.25, 0.3) is 0 Å². The SMILES string of the molecule is CC1=[C-]C(C)C=C1C.Fc1ccc([CH]=[Zr+2])cc1.[Cl-].[Cl-].[c-]1cccc2c1Cc1ccccc1-2. The number of fused-ring (bicyclic) bond motifs is 3. The Hall–Kier alpha value is -1.60. The van der Waals surface area contributed by atoms with Gasteiger partial charge in [-0.25, -0.2) is 11.1 Å². The van der Waals surface area contributed by atoms with Crippen molar-refractivity contribution < 1.29 is 53.4 Å². The van der Waals surface area contributed by atoms with E-state index in [2.05, 4.69) is 75.4 Å². The molecular weight excluding hydrogens is 517 g/mol. The van der Waals surface area contributed by atoms with Crippen LogP contribution in [0.3, 0.4) is 0 Å². The maximum absolute atomic E-state index is 12.2. The normalized spacial score (nSPS) is 14.5. The van der Waals surface area contributed by atoms with Gasteiger partial charge in [0.15, 0.2) is 0 Å². The fraction of sp³-hybridized carbons (Fsp3) is 0.179. The predicted octanol–water partition coefficient (Wildman–Crippen LogP) is 0.921. The molecule has 0 aromatic heterocycles. The Morgan fingerprint density at radius 1 is 0.938 bits per heavy atom. The molecule has 1 unspecified atom stereocenters. The van der Waals surface area contributed by atoms with Crippen molar-refractivity contribution in [3.63, 3.8) is 0 Å². The van der Waals surface area contributed by atoms with E-state index in [4.69, 9.17) is 0 Å². The summed E-state index contributed by atoms with van der Waals surface area (Å²) < 4.78 is 14.2. The Morgan fingerprint density at radius 3 is 2.16 bits per heavy atom. The zero-order valence-electron chi connectivity index (χ0n) is 18.4. The van der Waals surface area contributed by atoms with Gasteiger partial charge in [-0.3, -0.25) is 6.08 Å². The number of halogens is 3. The summed E-state index contributed by atoms with van der Waals surface area (Å²) >= 11 is 1.34. The third-order valence-electron chi connectivity index (χ3n) is 5.19. The first-order chi connectivity index (χ1) is 14.5. The summed E-state index contributed by atoms with van der Waals surface area (Å²) in [6.07, 6.45) is 6.57. The number of hydrogen-bond donors (Lipinski definition) is 0. The van der Waals surface area contributed by atoms with E-state index in [9.17, 15) is 4.39 Å². The molecule has 0 saturated heterocycles. The molecular formula is C28H25Cl2FZr-2. The van der Waals surface area contributed by atoms with Gasteiger partial charge < -0.3 is 24.8 Å². The molecule has 0 saturated carbocycles. The van der Waals surface area contributed by atoms with Crippen LogP contribution >= 0.6 is 0 Å². The predicted molar refractivity (Wildman–Crippen MR) is 120 cm³/mol. The number of benzene rings is 3. The molecule has 0 amide bonds. The summed E-state index contributed by atoms with van der Waals surface area (Å²) in [6, 6.07) is 24.6. The maximum Gasteiger partial charge on any atom is -0.0253 e. The van der Waals surface area contributed by atoms with E-state index in [0.717, 1.165) is 12.0 Å². The zero-order valence-corrected chi connectivity index (χ0v) is 22.4.